The van der Waals surface area contributed by atoms with Gasteiger partial charge in [0, 0.05) is 36.7 Å². The Balaban J connectivity index is 1.38. The third kappa shape index (κ3) is 5.51. The molecule has 0 radical (unpaired) electrons. The van der Waals surface area contributed by atoms with Gasteiger partial charge < -0.3 is 5.32 Å². The second-order valence-corrected chi connectivity index (χ2v) is 10.2. The van der Waals surface area contributed by atoms with Crippen LogP contribution >= 0.6 is 0 Å². The average Bonchev–Trinajstić information content (AvgIpc) is 3.63. The number of anilines is 2. The fourth-order valence-corrected chi connectivity index (χ4v) is 5.11. The minimum Gasteiger partial charge on any atom is -0.322 e. The van der Waals surface area contributed by atoms with Gasteiger partial charge >= 0.3 is 6.18 Å². The van der Waals surface area contributed by atoms with Gasteiger partial charge in [-0.1, -0.05) is 5.22 Å². The lowest BCUT2D eigenvalue weighted by Crippen LogP contribution is -2.21. The van der Waals surface area contributed by atoms with Crippen molar-refractivity contribution in [1.82, 2.24) is 19.7 Å². The van der Waals surface area contributed by atoms with Crippen molar-refractivity contribution >= 4 is 17.3 Å². The number of carbonyl (C=O) groups excluding carboxylic acids is 1. The van der Waals surface area contributed by atoms with Crippen LogP contribution in [0, 0.1) is 20.8 Å². The van der Waals surface area contributed by atoms with Crippen LogP contribution in [0.3, 0.4) is 0 Å². The molecule has 2 aliphatic rings. The first-order valence-corrected chi connectivity index (χ1v) is 12.9. The van der Waals surface area contributed by atoms with Crippen LogP contribution in [-0.4, -0.2) is 45.2 Å². The first kappa shape index (κ1) is 26.8. The number of hydrogen-bond acceptors (Lipinski definition) is 7. The number of rotatable bonds is 6. The Kier molecular flexibility index (Phi) is 7.15. The molecule has 0 bridgehead atoms. The number of halogens is 3. The van der Waals surface area contributed by atoms with Crippen LogP contribution < -0.4 is 10.3 Å². The molecule has 206 valence electrons. The third-order valence-corrected chi connectivity index (χ3v) is 7.55. The van der Waals surface area contributed by atoms with Crippen LogP contribution in [0.5, 0.6) is 0 Å². The highest BCUT2D eigenvalue weighted by atomic mass is 19.4. The van der Waals surface area contributed by atoms with Crippen LogP contribution in [-0.2, 0) is 19.8 Å². The lowest BCUT2D eigenvalue weighted by Gasteiger charge is -2.21. The maximum Gasteiger partial charge on any atom is 0.416 e. The number of likely N-dealkylation sites (tertiary alicyclic amines) is 1. The Morgan fingerprint density at radius 2 is 1.85 bits per heavy atom. The number of benzene rings is 1. The van der Waals surface area contributed by atoms with E-state index in [1.54, 1.807) is 34.9 Å². The molecular formula is C27H31F3N8O. The van der Waals surface area contributed by atoms with Crippen LogP contribution in [0.25, 0.3) is 0 Å². The molecule has 0 spiro atoms. The van der Waals surface area contributed by atoms with Gasteiger partial charge in [0.2, 0.25) is 0 Å². The summed E-state index contributed by atoms with van der Waals surface area (Å²) in [4.78, 5) is 19.7. The fourth-order valence-electron chi connectivity index (χ4n) is 5.11. The quantitative estimate of drug-likeness (QED) is 0.444. The molecule has 1 saturated heterocycles. The van der Waals surface area contributed by atoms with Crippen molar-refractivity contribution in [2.75, 3.05) is 30.0 Å². The minimum atomic E-state index is -4.53. The number of aromatic nitrogens is 3. The normalized spacial score (nSPS) is 17.8. The molecule has 2 aromatic heterocycles. The summed E-state index contributed by atoms with van der Waals surface area (Å²) in [5.74, 6) is -0.552. The van der Waals surface area contributed by atoms with Crippen molar-refractivity contribution in [3.63, 3.8) is 0 Å². The molecule has 12 heteroatoms. The Morgan fingerprint density at radius 3 is 2.51 bits per heavy atom. The van der Waals surface area contributed by atoms with Gasteiger partial charge in [-0.15, -0.1) is 0 Å². The van der Waals surface area contributed by atoms with Crippen molar-refractivity contribution < 1.29 is 18.0 Å². The standard InChI is InChI=1S/C27H31F3N8O/c1-16-20(14-37-7-5-6-8-37)9-21(11-23(16)27(28,29)30)33-26(39)19-10-25(17(2)31-12-19)38-15-24(34-35-38)22-13-32-36(4)18(22)3/h9-13,24H,5-8,14-15H2,1-4H3,(H,33,39). The Labute approximate surface area is 224 Å². The topological polar surface area (TPSA) is 91.0 Å². The van der Waals surface area contributed by atoms with E-state index in [0.29, 0.717) is 30.0 Å². The summed E-state index contributed by atoms with van der Waals surface area (Å²) in [5.41, 5.74) is 3.51. The highest BCUT2D eigenvalue weighted by Gasteiger charge is 2.34. The molecule has 1 aromatic carbocycles. The second-order valence-electron chi connectivity index (χ2n) is 10.2. The molecule has 5 rings (SSSR count). The zero-order chi connectivity index (χ0) is 27.9. The highest BCUT2D eigenvalue weighted by molar-refractivity contribution is 6.04. The van der Waals surface area contributed by atoms with E-state index in [1.165, 1.54) is 13.1 Å². The summed E-state index contributed by atoms with van der Waals surface area (Å²) >= 11 is 0. The number of pyridine rings is 1. The maximum absolute atomic E-state index is 13.9. The molecule has 1 unspecified atom stereocenters. The predicted octanol–water partition coefficient (Wildman–Crippen LogP) is 5.54. The smallest absolute Gasteiger partial charge is 0.322 e. The molecule has 9 nitrogen and oxygen atoms in total. The van der Waals surface area contributed by atoms with Crippen molar-refractivity contribution in [3.8, 4) is 0 Å². The molecule has 0 aliphatic carbocycles. The number of amides is 1. The van der Waals surface area contributed by atoms with Gasteiger partial charge in [0.1, 0.15) is 6.04 Å². The van der Waals surface area contributed by atoms with Gasteiger partial charge in [-0.05, 0) is 76.0 Å². The first-order chi connectivity index (χ1) is 18.5. The summed E-state index contributed by atoms with van der Waals surface area (Å²) in [6, 6.07) is 4.06. The van der Waals surface area contributed by atoms with Crippen LogP contribution in [0.1, 0.15) is 62.9 Å². The van der Waals surface area contributed by atoms with E-state index in [9.17, 15) is 18.0 Å². The number of hydrogen-bond donors (Lipinski definition) is 1. The molecule has 1 fully saturated rings. The van der Waals surface area contributed by atoms with Crippen molar-refractivity contribution in [3.05, 3.63) is 69.8 Å². The van der Waals surface area contributed by atoms with Crippen LogP contribution in [0.2, 0.25) is 0 Å². The number of nitrogens with zero attached hydrogens (tertiary/aromatic N) is 7. The van der Waals surface area contributed by atoms with E-state index in [-0.39, 0.29) is 22.9 Å². The lowest BCUT2D eigenvalue weighted by molar-refractivity contribution is -0.138. The van der Waals surface area contributed by atoms with Gasteiger partial charge in [-0.25, -0.2) is 5.01 Å². The Morgan fingerprint density at radius 1 is 1.10 bits per heavy atom. The fraction of sp³-hybridized carbons (Fsp3) is 0.444. The van der Waals surface area contributed by atoms with Crippen LogP contribution in [0.15, 0.2) is 40.9 Å². The largest absolute Gasteiger partial charge is 0.416 e. The number of alkyl halides is 3. The molecule has 4 heterocycles. The summed E-state index contributed by atoms with van der Waals surface area (Å²) in [6.45, 7) is 7.81. The van der Waals surface area contributed by atoms with Crippen molar-refractivity contribution in [2.45, 2.75) is 52.4 Å². The number of nitrogens with one attached hydrogen (secondary N) is 1. The molecular weight excluding hydrogens is 509 g/mol. The summed E-state index contributed by atoms with van der Waals surface area (Å²) in [6.07, 6.45) is 0.709. The van der Waals surface area contributed by atoms with Gasteiger partial charge in [0.25, 0.3) is 5.91 Å². The predicted molar refractivity (Wildman–Crippen MR) is 141 cm³/mol. The van der Waals surface area contributed by atoms with E-state index in [4.69, 9.17) is 0 Å². The van der Waals surface area contributed by atoms with E-state index >= 15 is 0 Å². The zero-order valence-electron chi connectivity index (χ0n) is 22.4. The van der Waals surface area contributed by atoms with Crippen LogP contribution in [0.4, 0.5) is 24.5 Å². The Hall–Kier alpha value is -3.80. The zero-order valence-corrected chi connectivity index (χ0v) is 22.4. The minimum absolute atomic E-state index is 0.0993. The number of carbonyl (C=O) groups is 1. The summed E-state index contributed by atoms with van der Waals surface area (Å²) in [5, 5.41) is 17.3. The van der Waals surface area contributed by atoms with E-state index in [1.807, 2.05) is 14.0 Å². The van der Waals surface area contributed by atoms with E-state index in [2.05, 4.69) is 30.6 Å². The highest BCUT2D eigenvalue weighted by Crippen LogP contribution is 2.36. The molecule has 39 heavy (non-hydrogen) atoms. The molecule has 3 aromatic rings. The molecule has 0 saturated carbocycles. The monoisotopic (exact) mass is 540 g/mol. The third-order valence-electron chi connectivity index (χ3n) is 7.55. The first-order valence-electron chi connectivity index (χ1n) is 12.9. The average molecular weight is 541 g/mol. The molecule has 1 amide bonds. The Bertz CT molecular complexity index is 1430. The maximum atomic E-state index is 13.9. The summed E-state index contributed by atoms with van der Waals surface area (Å²) in [7, 11) is 1.86. The summed E-state index contributed by atoms with van der Waals surface area (Å²) < 4.78 is 43.4. The van der Waals surface area contributed by atoms with Gasteiger partial charge in [-0.3, -0.25) is 19.4 Å². The van der Waals surface area contributed by atoms with Crippen molar-refractivity contribution in [1.29, 1.82) is 0 Å². The molecule has 1 N–H and O–H groups in total. The lowest BCUT2D eigenvalue weighted by atomic mass is 10.00. The van der Waals surface area contributed by atoms with E-state index < -0.39 is 17.6 Å². The number of aryl methyl sites for hydroxylation is 2. The van der Waals surface area contributed by atoms with Gasteiger partial charge in [-0.2, -0.15) is 23.4 Å². The van der Waals surface area contributed by atoms with E-state index in [0.717, 1.165) is 43.3 Å². The van der Waals surface area contributed by atoms with Gasteiger partial charge in [0.05, 0.1) is 35.2 Å². The SMILES string of the molecule is Cc1ncc(C(=O)Nc2cc(CN3CCCC3)c(C)c(C(F)(F)F)c2)cc1N1CC(c2cnn(C)c2C)N=N1. The molecule has 1 atom stereocenters. The van der Waals surface area contributed by atoms with Crippen molar-refractivity contribution in [2.24, 2.45) is 17.4 Å². The second kappa shape index (κ2) is 10.4. The van der Waals surface area contributed by atoms with Gasteiger partial charge in [0.15, 0.2) is 0 Å². The molecule has 2 aliphatic heterocycles.